The monoisotopic (exact) mass is 854 g/mol. The number of aryl methyl sites for hydroxylation is 2. The minimum atomic E-state index is 0.800. The maximum Gasteiger partial charge on any atom is 0.0463 e. The minimum Gasteiger partial charge on any atom is -0.183 e. The van der Waals surface area contributed by atoms with Crippen molar-refractivity contribution in [2.75, 3.05) is 12.0 Å². The van der Waals surface area contributed by atoms with Gasteiger partial charge in [0.1, 0.15) is 0 Å². The molecule has 0 radical (unpaired) electrons. The molecule has 0 nitrogen and oxygen atoms in total. The van der Waals surface area contributed by atoms with Crippen LogP contribution in [0.4, 0.5) is 0 Å². The normalized spacial score (nSPS) is 11.3. The Labute approximate surface area is 367 Å². The fourth-order valence-corrected chi connectivity index (χ4v) is 9.57. The lowest BCUT2D eigenvalue weighted by atomic mass is 10.1. The highest BCUT2D eigenvalue weighted by atomic mass is 32.1. The quantitative estimate of drug-likeness (QED) is 0.0940. The second kappa shape index (κ2) is 24.4. The molecule has 7 rings (SSSR count). The largest absolute Gasteiger partial charge is 0.183 e. The summed E-state index contributed by atoms with van der Waals surface area (Å²) in [5.41, 5.74) is 8.25. The minimum absolute atomic E-state index is 0.800. The van der Waals surface area contributed by atoms with Crippen LogP contribution in [-0.4, -0.2) is 12.0 Å². The molecule has 4 aromatic heterocycles. The molecule has 290 valence electrons. The summed E-state index contributed by atoms with van der Waals surface area (Å²) >= 11 is 15.0. The molecule has 0 atom stereocenters. The first-order valence-electron chi connectivity index (χ1n) is 18.3. The summed E-state index contributed by atoms with van der Waals surface area (Å²) in [4.78, 5) is 5.23. The van der Waals surface area contributed by atoms with Gasteiger partial charge in [-0.05, 0) is 97.9 Å². The zero-order valence-corrected chi connectivity index (χ0v) is 38.1. The topological polar surface area (TPSA) is 0 Å². The van der Waals surface area contributed by atoms with Crippen molar-refractivity contribution in [2.24, 2.45) is 0 Å². The molecule has 0 saturated carbocycles. The van der Waals surface area contributed by atoms with Crippen molar-refractivity contribution in [1.82, 2.24) is 0 Å². The van der Waals surface area contributed by atoms with Crippen LogP contribution >= 0.6 is 70.6 Å². The molecule has 0 fully saturated rings. The van der Waals surface area contributed by atoms with Crippen LogP contribution in [-0.2, 0) is 0 Å². The molecule has 0 amide bonds. The van der Waals surface area contributed by atoms with Crippen molar-refractivity contribution in [2.45, 2.75) is 20.8 Å². The summed E-state index contributed by atoms with van der Waals surface area (Å²) in [5, 5.41) is 0. The SMILES string of the molecule is C=CC(=C)/C=C\C(=C)C.CS.Cc1ccc(/C=C/c2cc3sc(/C=C/c4cc5sc(/C=C/c6ccc(C)cc6)cc5s4)cc3s2)cc1.SC/C=C/c1ccccc1. The lowest BCUT2D eigenvalue weighted by molar-refractivity contribution is 1.46. The molecule has 0 unspecified atom stereocenters. The summed E-state index contributed by atoms with van der Waals surface area (Å²) in [6, 6.07) is 36.7. The van der Waals surface area contributed by atoms with Crippen molar-refractivity contribution >= 4 is 132 Å². The predicted octanol–water partition coefficient (Wildman–Crippen LogP) is 17.4. The Morgan fingerprint density at radius 1 is 0.526 bits per heavy atom. The van der Waals surface area contributed by atoms with Gasteiger partial charge in [-0.25, -0.2) is 0 Å². The van der Waals surface area contributed by atoms with E-state index in [0.29, 0.717) is 0 Å². The van der Waals surface area contributed by atoms with E-state index in [1.807, 2.05) is 88.7 Å². The first-order chi connectivity index (χ1) is 27.7. The Morgan fingerprint density at radius 2 is 0.895 bits per heavy atom. The summed E-state index contributed by atoms with van der Waals surface area (Å²) in [7, 11) is 0. The summed E-state index contributed by atoms with van der Waals surface area (Å²) in [5.74, 6) is 0.800. The smallest absolute Gasteiger partial charge is 0.0463 e. The standard InChI is InChI=1S/C32H24S4.C9H10S.C9H12.CH4S/c1-21-3-7-23(8-4-21)11-13-25-17-29-31(33-25)19-27(35-29)15-16-28-20-32-30(36-28)18-26(34-32)14-12-24-9-5-22(2)6-10-24;10-8-4-7-9-5-2-1-3-6-9;1-5-9(4)7-6-8(2)3;1-2/h3-20H,1-2H3;1-7,10H,8H2;5-7H,1-2,4H2,3H3;2H,1H3/b13-11+,14-12+,16-15+;7-4+;7-6-;. The summed E-state index contributed by atoms with van der Waals surface area (Å²) in [6.45, 7) is 17.1. The van der Waals surface area contributed by atoms with Gasteiger partial charge in [-0.15, -0.1) is 45.3 Å². The number of thiophene rings is 4. The maximum absolute atomic E-state index is 4.06. The number of hydrogen-bond donors (Lipinski definition) is 2. The van der Waals surface area contributed by atoms with Crippen LogP contribution in [0.2, 0.25) is 0 Å². The highest BCUT2D eigenvalue weighted by Gasteiger charge is 2.06. The number of allylic oxidation sites excluding steroid dienone is 5. The fraction of sp³-hybridized carbons (Fsp3) is 0.0980. The van der Waals surface area contributed by atoms with Crippen molar-refractivity contribution < 1.29 is 0 Å². The molecule has 0 saturated heterocycles. The van der Waals surface area contributed by atoms with E-state index < -0.39 is 0 Å². The Hall–Kier alpha value is -4.40. The lowest BCUT2D eigenvalue weighted by Gasteiger charge is -1.93. The highest BCUT2D eigenvalue weighted by molar-refractivity contribution is 7.80. The predicted molar refractivity (Wildman–Crippen MR) is 276 cm³/mol. The van der Waals surface area contributed by atoms with E-state index in [1.165, 1.54) is 66.1 Å². The van der Waals surface area contributed by atoms with E-state index in [2.05, 4.69) is 186 Å². The van der Waals surface area contributed by atoms with Crippen molar-refractivity contribution in [1.29, 1.82) is 0 Å². The van der Waals surface area contributed by atoms with Crippen LogP contribution in [0, 0.1) is 13.8 Å². The summed E-state index contributed by atoms with van der Waals surface area (Å²) < 4.78 is 5.45. The maximum atomic E-state index is 4.06. The molecule has 6 heteroatoms. The van der Waals surface area contributed by atoms with E-state index in [9.17, 15) is 0 Å². The third-order valence-corrected chi connectivity index (χ3v) is 12.7. The van der Waals surface area contributed by atoms with E-state index in [1.54, 1.807) is 12.3 Å². The zero-order valence-electron chi connectivity index (χ0n) is 33.0. The molecule has 0 aliphatic rings. The van der Waals surface area contributed by atoms with Gasteiger partial charge in [0.2, 0.25) is 0 Å². The molecule has 4 heterocycles. The van der Waals surface area contributed by atoms with E-state index in [-0.39, 0.29) is 0 Å². The molecular formula is C51H50S6. The molecule has 0 spiro atoms. The van der Waals surface area contributed by atoms with Gasteiger partial charge in [0, 0.05) is 44.1 Å². The zero-order chi connectivity index (χ0) is 41.0. The third-order valence-electron chi connectivity index (χ3n) is 8.00. The van der Waals surface area contributed by atoms with Gasteiger partial charge in [-0.2, -0.15) is 25.3 Å². The number of rotatable bonds is 11. The van der Waals surface area contributed by atoms with Crippen molar-refractivity contribution in [3.63, 3.8) is 0 Å². The molecule has 7 aromatic rings. The van der Waals surface area contributed by atoms with Crippen LogP contribution in [0.25, 0.3) is 61.3 Å². The lowest BCUT2D eigenvalue weighted by Crippen LogP contribution is -1.72. The van der Waals surface area contributed by atoms with Gasteiger partial charge in [-0.3, -0.25) is 0 Å². The van der Waals surface area contributed by atoms with Crippen LogP contribution in [0.5, 0.6) is 0 Å². The first kappa shape index (κ1) is 45.3. The van der Waals surface area contributed by atoms with Crippen molar-refractivity contribution in [3.8, 4) is 0 Å². The van der Waals surface area contributed by atoms with Crippen LogP contribution in [0.1, 0.15) is 54.2 Å². The Morgan fingerprint density at radius 3 is 1.25 bits per heavy atom. The molecule has 0 N–H and O–H groups in total. The molecule has 0 bridgehead atoms. The van der Waals surface area contributed by atoms with E-state index in [4.69, 9.17) is 0 Å². The number of thiol groups is 2. The van der Waals surface area contributed by atoms with Gasteiger partial charge in [0.25, 0.3) is 0 Å². The number of benzene rings is 3. The van der Waals surface area contributed by atoms with Gasteiger partial charge in [0.15, 0.2) is 0 Å². The van der Waals surface area contributed by atoms with Crippen molar-refractivity contribution in [3.05, 3.63) is 206 Å². The Balaban J connectivity index is 0.000000282. The molecule has 57 heavy (non-hydrogen) atoms. The first-order valence-corrected chi connectivity index (χ1v) is 23.1. The summed E-state index contributed by atoms with van der Waals surface area (Å²) in [6.07, 6.45) is 24.6. The third kappa shape index (κ3) is 15.8. The van der Waals surface area contributed by atoms with Gasteiger partial charge in [0.05, 0.1) is 0 Å². The highest BCUT2D eigenvalue weighted by Crippen LogP contribution is 2.37. The van der Waals surface area contributed by atoms with E-state index >= 15 is 0 Å². The molecular weight excluding hydrogens is 805 g/mol. The molecule has 3 aromatic carbocycles. The van der Waals surface area contributed by atoms with Crippen LogP contribution < -0.4 is 0 Å². The van der Waals surface area contributed by atoms with Gasteiger partial charge < -0.3 is 0 Å². The number of hydrogen-bond acceptors (Lipinski definition) is 6. The second-order valence-electron chi connectivity index (χ2n) is 12.8. The average molecular weight is 855 g/mol. The fourth-order valence-electron chi connectivity index (χ4n) is 5.02. The average Bonchev–Trinajstić information content (AvgIpc) is 4.00. The second-order valence-corrected chi connectivity index (χ2v) is 17.7. The molecule has 0 aliphatic heterocycles. The van der Waals surface area contributed by atoms with Gasteiger partial charge >= 0.3 is 0 Å². The van der Waals surface area contributed by atoms with Crippen LogP contribution in [0.15, 0.2) is 158 Å². The Bertz CT molecular complexity index is 2270. The molecule has 0 aliphatic carbocycles. The van der Waals surface area contributed by atoms with Gasteiger partial charge in [-0.1, -0.05) is 158 Å². The Kier molecular flexibility index (Phi) is 19.4. The van der Waals surface area contributed by atoms with E-state index in [0.717, 1.165) is 16.9 Å². The number of fused-ring (bicyclic) bond motifs is 2. The van der Waals surface area contributed by atoms with Crippen LogP contribution in [0.3, 0.4) is 0 Å².